The second kappa shape index (κ2) is 8.31. The number of anilines is 1. The fraction of sp³-hybridized carbons (Fsp3) is 0.449. The summed E-state index contributed by atoms with van der Waals surface area (Å²) >= 11 is 0. The van der Waals surface area contributed by atoms with Crippen LogP contribution >= 0.6 is 0 Å². The molecular weight excluding hydrogens is 999 g/mol. The van der Waals surface area contributed by atoms with Gasteiger partial charge in [0.25, 0.3) is 0 Å². The highest BCUT2D eigenvalue weighted by Gasteiger charge is 2.99. The molecule has 2 bridgehead atoms. The Morgan fingerprint density at radius 3 is 1.80 bits per heavy atom. The largest absolute Gasteiger partial charge is 0.514 e. The van der Waals surface area contributed by atoms with Gasteiger partial charge in [0.2, 0.25) is 0 Å². The molecule has 4 heteroatoms. The van der Waals surface area contributed by atoms with Gasteiger partial charge < -0.3 is 14.4 Å². The highest BCUT2D eigenvalue weighted by atomic mass is 16.7. The molecule has 1 saturated heterocycles. The van der Waals surface area contributed by atoms with E-state index in [2.05, 4.69) is 72.2 Å². The molecule has 10 aromatic carbocycles. The number of carbonyl (C=O) groups excluding carboxylic acids is 1. The molecule has 4 spiro atoms. The number of rotatable bonds is 2. The Balaban J connectivity index is 0.869. The van der Waals surface area contributed by atoms with E-state index < -0.39 is 11.8 Å². The van der Waals surface area contributed by atoms with Crippen molar-refractivity contribution in [3.05, 3.63) is 130 Å². The van der Waals surface area contributed by atoms with Crippen LogP contribution in [-0.4, -0.2) is 24.3 Å². The zero-order valence-corrected chi connectivity index (χ0v) is 46.0. The maximum absolute atomic E-state index is 13.4. The third-order valence-corrected chi connectivity index (χ3v) is 34.4. The number of hydrogen-bond acceptors (Lipinski definition) is 4. The first kappa shape index (κ1) is 35.7. The van der Waals surface area contributed by atoms with E-state index in [1.165, 1.54) is 12.1 Å². The van der Waals surface area contributed by atoms with Crippen molar-refractivity contribution in [2.45, 2.75) is 165 Å². The van der Waals surface area contributed by atoms with E-state index >= 15 is 0 Å². The van der Waals surface area contributed by atoms with E-state index in [0.29, 0.717) is 124 Å². The lowest BCUT2D eigenvalue weighted by Crippen LogP contribution is -2.80. The number of benzene rings is 8. The van der Waals surface area contributed by atoms with Crippen molar-refractivity contribution in [2.75, 3.05) is 11.4 Å². The van der Waals surface area contributed by atoms with Gasteiger partial charge in [-0.25, -0.2) is 4.79 Å². The SMILES string of the molecule is CC(C)(C)OC(=O)Oc1ccc(N2CC34C5=c6c7c8c9c%10c%11c%12c%13c%14c%15c%16c%17c(c6c(c%16%13)c%117)C3(C2C(C)(C)C)C2C%173CC26c2c7c%11c%13c%16c2c2c%17c%18c%19c%20c%21c%22c%23c(c-%13c%21c%18%16)C(C%14C%23C%12C%10C%22C%20C9C9C8C5C(C%17C%199)C4C26)C%11C%15C73)cc1. The highest BCUT2D eigenvalue weighted by molar-refractivity contribution is 6.44. The van der Waals surface area contributed by atoms with Gasteiger partial charge in [-0.2, -0.15) is 0 Å². The molecule has 0 amide bonds. The number of ether oxygens (including phenoxy) is 2. The van der Waals surface area contributed by atoms with Gasteiger partial charge in [0, 0.05) is 57.7 Å². The molecule has 0 N–H and O–H groups in total. The van der Waals surface area contributed by atoms with Crippen molar-refractivity contribution in [2.24, 2.45) is 40.4 Å². The van der Waals surface area contributed by atoms with Crippen LogP contribution in [0.5, 0.6) is 5.75 Å². The van der Waals surface area contributed by atoms with E-state index in [9.17, 15) is 4.79 Å². The summed E-state index contributed by atoms with van der Waals surface area (Å²) in [5.41, 5.74) is 43.5. The Kier molecular flexibility index (Phi) is 3.61. The van der Waals surface area contributed by atoms with Crippen LogP contribution in [0.25, 0.3) is 92.1 Å². The molecule has 24 aliphatic carbocycles. The molecule has 5 fully saturated rings. The van der Waals surface area contributed by atoms with Crippen molar-refractivity contribution in [3.63, 3.8) is 0 Å². The molecule has 25 aliphatic rings. The molecule has 4 saturated carbocycles. The summed E-state index contributed by atoms with van der Waals surface area (Å²) in [5.74, 6) is 13.6. The van der Waals surface area contributed by atoms with Crippen molar-refractivity contribution >= 4 is 92.8 Å². The summed E-state index contributed by atoms with van der Waals surface area (Å²) in [6, 6.07) is 9.39. The Bertz CT molecular complexity index is 5960. The molecule has 35 rings (SSSR count). The first-order valence-electron chi connectivity index (χ1n) is 33.2. The van der Waals surface area contributed by atoms with Crippen LogP contribution in [0, 0.1) is 40.4 Å². The summed E-state index contributed by atoms with van der Waals surface area (Å²) in [6.07, 6.45) is 0.827. The minimum atomic E-state index is -0.618. The molecule has 25 unspecified atom stereocenters. The number of nitrogens with zero attached hydrogens (tertiary/aromatic N) is 1. The fourth-order valence-corrected chi connectivity index (χ4v) is 36.7. The molecule has 10 aromatic rings. The lowest BCUT2D eigenvalue weighted by Gasteiger charge is -2.79. The quantitative estimate of drug-likeness (QED) is 0.0982. The summed E-state index contributed by atoms with van der Waals surface area (Å²) in [7, 11) is 0. The lowest BCUT2D eigenvalue weighted by atomic mass is 9.22. The fourth-order valence-electron chi connectivity index (χ4n) is 36.7. The second-order valence-corrected chi connectivity index (χ2v) is 36.1. The van der Waals surface area contributed by atoms with Gasteiger partial charge in [0.1, 0.15) is 11.4 Å². The van der Waals surface area contributed by atoms with Gasteiger partial charge in [-0.1, -0.05) is 20.8 Å². The van der Waals surface area contributed by atoms with Crippen LogP contribution < -0.4 is 14.9 Å². The first-order valence-corrected chi connectivity index (χ1v) is 33.2. The standard InChI is InChI=1S/C78H47NO3/c1-73(2,3)71-78-69-61-50-42-30-24-17-15-16-19-22-18(15)25-29(24)41-45-36(25)38-32(22)37-35-28(19)31-27-21(16)23-20(17)26(30)39-40-33(23)34(27)51-52-43(31)44(35)56-59-48(37)49(38)60-57(45)65(58(61)46(41)42)77(78,12-79(71)13-7-9-14(10-8-13)81-72(80)82-74(4,5)6)68(60)66(59)75-11-76(70(75)78)63(62(52)64(56)75)54(51)53(40)55(47(39)50)67(69)76/h7-10,15,17-18,20,23,25,33-34,36,38,45,49,51,54,57,60,63,66,68,70-71H,11-12H2,1-6H3. The average molecular weight is 1050 g/mol. The summed E-state index contributed by atoms with van der Waals surface area (Å²) < 4.78 is 11.8. The normalized spacial score (nSPS) is 48.8. The van der Waals surface area contributed by atoms with Crippen molar-refractivity contribution in [3.8, 4) is 16.9 Å². The summed E-state index contributed by atoms with van der Waals surface area (Å²) in [5, 5.41) is 28.7. The minimum absolute atomic E-state index is 0.0167. The molecule has 82 heavy (non-hydrogen) atoms. The lowest BCUT2D eigenvalue weighted by molar-refractivity contribution is -0.186. The Morgan fingerprint density at radius 2 is 1.01 bits per heavy atom. The van der Waals surface area contributed by atoms with Crippen molar-refractivity contribution < 1.29 is 14.3 Å². The second-order valence-electron chi connectivity index (χ2n) is 36.1. The number of carbonyl (C=O) groups is 1. The van der Waals surface area contributed by atoms with Crippen LogP contribution in [0.2, 0.25) is 0 Å². The summed E-state index contributed by atoms with van der Waals surface area (Å²) in [4.78, 5) is 16.5. The van der Waals surface area contributed by atoms with Gasteiger partial charge in [0.05, 0.1) is 0 Å². The average Bonchev–Trinajstić information content (AvgIpc) is 1.36. The van der Waals surface area contributed by atoms with Crippen molar-refractivity contribution in [1.82, 2.24) is 0 Å². The topological polar surface area (TPSA) is 38.8 Å². The van der Waals surface area contributed by atoms with Gasteiger partial charge in [-0.05, 0) is 355 Å². The Hall–Kier alpha value is -6.39. The van der Waals surface area contributed by atoms with E-state index in [1.807, 2.05) is 196 Å². The third-order valence-electron chi connectivity index (χ3n) is 34.4. The van der Waals surface area contributed by atoms with Crippen LogP contribution in [-0.2, 0) is 21.0 Å². The summed E-state index contributed by atoms with van der Waals surface area (Å²) in [6.45, 7) is 15.2. The van der Waals surface area contributed by atoms with Gasteiger partial charge >= 0.3 is 6.16 Å². The number of hydrogen-bond donors (Lipinski definition) is 0. The van der Waals surface area contributed by atoms with Gasteiger partial charge in [-0.3, -0.25) is 0 Å². The van der Waals surface area contributed by atoms with Crippen molar-refractivity contribution in [1.29, 1.82) is 0 Å². The maximum atomic E-state index is 13.4. The molecule has 0 aromatic heterocycles. The molecule has 1 aliphatic heterocycles. The highest BCUT2D eigenvalue weighted by Crippen LogP contribution is 3.04. The van der Waals surface area contributed by atoms with E-state index in [0.717, 1.165) is 12.5 Å². The van der Waals surface area contributed by atoms with Crippen LogP contribution in [0.3, 0.4) is 0 Å². The predicted octanol–water partition coefficient (Wildman–Crippen LogP) is 15.2. The van der Waals surface area contributed by atoms with Gasteiger partial charge in [-0.15, -0.1) is 0 Å². The third kappa shape index (κ3) is 2.11. The Morgan fingerprint density at radius 1 is 0.476 bits per heavy atom. The molecule has 4 nitrogen and oxygen atoms in total. The van der Waals surface area contributed by atoms with Gasteiger partial charge in [0.15, 0.2) is 0 Å². The zero-order valence-electron chi connectivity index (χ0n) is 46.0. The van der Waals surface area contributed by atoms with Crippen LogP contribution in [0.1, 0.15) is 237 Å². The molecular formula is C78H47NO3. The monoisotopic (exact) mass is 1050 g/mol. The first-order chi connectivity index (χ1) is 40.0. The maximum Gasteiger partial charge on any atom is 0.514 e. The Labute approximate surface area is 467 Å². The van der Waals surface area contributed by atoms with Crippen LogP contribution in [0.15, 0.2) is 24.3 Å². The van der Waals surface area contributed by atoms with E-state index in [-0.39, 0.29) is 27.1 Å². The van der Waals surface area contributed by atoms with Crippen LogP contribution in [0.4, 0.5) is 10.5 Å². The van der Waals surface area contributed by atoms with E-state index in [4.69, 9.17) is 9.47 Å². The molecule has 1 heterocycles. The smallest absolute Gasteiger partial charge is 0.428 e. The van der Waals surface area contributed by atoms with E-state index in [1.54, 1.807) is 0 Å². The molecule has 25 atom stereocenters. The predicted molar refractivity (Wildman–Crippen MR) is 310 cm³/mol. The molecule has 382 valence electrons. The molecule has 0 radical (unpaired) electrons. The minimum Gasteiger partial charge on any atom is -0.428 e. The zero-order chi connectivity index (χ0) is 50.9.